The number of aromatic nitrogens is 3. The second kappa shape index (κ2) is 11.7. The molecule has 11 rings (SSSR count). The molecule has 11 aromatic rings. The minimum Gasteiger partial charge on any atom is -0.456 e. The first-order valence-corrected chi connectivity index (χ1v) is 18.0. The Bertz CT molecular complexity index is 3130. The van der Waals surface area contributed by atoms with Crippen LogP contribution in [0.5, 0.6) is 0 Å². The molecule has 0 amide bonds. The van der Waals surface area contributed by atoms with E-state index in [2.05, 4.69) is 185 Å². The molecule has 0 saturated heterocycles. The highest BCUT2D eigenvalue weighted by molar-refractivity contribution is 6.18. The fraction of sp³-hybridized carbons (Fsp3) is 0. The highest BCUT2D eigenvalue weighted by atomic mass is 16.3. The lowest BCUT2D eigenvalue weighted by atomic mass is 10.0. The van der Waals surface area contributed by atoms with Crippen molar-refractivity contribution in [3.63, 3.8) is 0 Å². The lowest BCUT2D eigenvalue weighted by Gasteiger charge is -2.12. The zero-order valence-corrected chi connectivity index (χ0v) is 28.6. The number of para-hydroxylation sites is 3. The monoisotopic (exact) mass is 677 g/mol. The fourth-order valence-electron chi connectivity index (χ4n) is 8.01. The van der Waals surface area contributed by atoms with Crippen LogP contribution in [0.15, 0.2) is 192 Å². The Morgan fingerprint density at radius 2 is 0.906 bits per heavy atom. The average Bonchev–Trinajstić information content (AvgIpc) is 3.90. The molecule has 0 saturated carbocycles. The van der Waals surface area contributed by atoms with Crippen molar-refractivity contribution < 1.29 is 4.42 Å². The maximum Gasteiger partial charge on any atom is 0.145 e. The first-order valence-electron chi connectivity index (χ1n) is 18.0. The third-order valence-electron chi connectivity index (χ3n) is 10.5. The largest absolute Gasteiger partial charge is 0.456 e. The summed E-state index contributed by atoms with van der Waals surface area (Å²) in [4.78, 5) is 5.11. The number of nitrogens with zero attached hydrogens (tertiary/aromatic N) is 3. The predicted octanol–water partition coefficient (Wildman–Crippen LogP) is 13.0. The fourth-order valence-corrected chi connectivity index (χ4v) is 8.01. The van der Waals surface area contributed by atoms with Crippen molar-refractivity contribution in [3.8, 4) is 45.0 Å². The summed E-state index contributed by atoms with van der Waals surface area (Å²) in [5, 5.41) is 4.62. The van der Waals surface area contributed by atoms with E-state index in [9.17, 15) is 0 Å². The number of furan rings is 1. The van der Waals surface area contributed by atoms with Crippen molar-refractivity contribution in [2.24, 2.45) is 0 Å². The van der Waals surface area contributed by atoms with Crippen LogP contribution in [0, 0.1) is 0 Å². The van der Waals surface area contributed by atoms with Crippen LogP contribution in [0.1, 0.15) is 0 Å². The Morgan fingerprint density at radius 3 is 1.64 bits per heavy atom. The molecule has 0 aliphatic carbocycles. The number of rotatable bonds is 5. The van der Waals surface area contributed by atoms with Gasteiger partial charge in [-0.15, -0.1) is 0 Å². The normalized spacial score (nSPS) is 11.8. The molecule has 0 N–H and O–H groups in total. The minimum absolute atomic E-state index is 0.873. The van der Waals surface area contributed by atoms with Crippen LogP contribution >= 0.6 is 0 Å². The molecule has 4 nitrogen and oxygen atoms in total. The van der Waals surface area contributed by atoms with Crippen molar-refractivity contribution in [1.82, 2.24) is 14.1 Å². The molecule has 53 heavy (non-hydrogen) atoms. The van der Waals surface area contributed by atoms with Crippen LogP contribution in [-0.4, -0.2) is 14.1 Å². The molecule has 0 radical (unpaired) electrons. The SMILES string of the molecule is c1ccc(-c2ccc3oc4cc5c(cc4c3c2)c2cc(-c3ccccc3)ccc2n5-c2ccc(-c3nc4ccccc4n3-c3ccccc3)cc2)cc1. The van der Waals surface area contributed by atoms with E-state index in [0.29, 0.717) is 0 Å². The summed E-state index contributed by atoms with van der Waals surface area (Å²) >= 11 is 0. The molecule has 3 heterocycles. The average molecular weight is 678 g/mol. The molecule has 3 aromatic heterocycles. The zero-order valence-electron chi connectivity index (χ0n) is 28.6. The summed E-state index contributed by atoms with van der Waals surface area (Å²) in [5.41, 5.74) is 14.0. The number of hydrogen-bond acceptors (Lipinski definition) is 2. The van der Waals surface area contributed by atoms with Crippen LogP contribution in [-0.2, 0) is 0 Å². The second-order valence-electron chi connectivity index (χ2n) is 13.6. The number of benzene rings is 8. The van der Waals surface area contributed by atoms with Crippen molar-refractivity contribution in [2.45, 2.75) is 0 Å². The Labute approximate surface area is 305 Å². The lowest BCUT2D eigenvalue weighted by molar-refractivity contribution is 0.669. The quantitative estimate of drug-likeness (QED) is 0.182. The number of fused-ring (bicyclic) bond motifs is 7. The van der Waals surface area contributed by atoms with E-state index in [-0.39, 0.29) is 0 Å². The molecular weight excluding hydrogens is 647 g/mol. The third-order valence-corrected chi connectivity index (χ3v) is 10.5. The van der Waals surface area contributed by atoms with Gasteiger partial charge in [-0.05, 0) is 101 Å². The third kappa shape index (κ3) is 4.73. The highest BCUT2D eigenvalue weighted by Gasteiger charge is 2.19. The summed E-state index contributed by atoms with van der Waals surface area (Å²) in [5.74, 6) is 0.914. The summed E-state index contributed by atoms with van der Waals surface area (Å²) in [6.45, 7) is 0. The standard InChI is InChI=1S/C49H31N3O/c1-4-12-32(13-5-1)35-22-26-44-39(28-35)40-30-42-41-29-36(33-14-6-2-7-15-33)23-27-47(41)53-48(42)31-46(40)51(44)38-24-20-34(21-25-38)49-50-43-18-10-11-19-45(43)52(49)37-16-8-3-9-17-37/h1-31H. The van der Waals surface area contributed by atoms with E-state index in [0.717, 1.165) is 66.8 Å². The minimum atomic E-state index is 0.873. The first kappa shape index (κ1) is 29.5. The van der Waals surface area contributed by atoms with E-state index in [1.165, 1.54) is 33.0 Å². The van der Waals surface area contributed by atoms with E-state index >= 15 is 0 Å². The van der Waals surface area contributed by atoms with Gasteiger partial charge in [0.1, 0.15) is 17.0 Å². The molecular formula is C49H31N3O. The van der Waals surface area contributed by atoms with Gasteiger partial charge in [-0.25, -0.2) is 4.98 Å². The molecule has 0 bridgehead atoms. The molecule has 0 unspecified atom stereocenters. The van der Waals surface area contributed by atoms with Gasteiger partial charge in [0.15, 0.2) is 0 Å². The van der Waals surface area contributed by atoms with E-state index in [1.54, 1.807) is 0 Å². The van der Waals surface area contributed by atoms with Gasteiger partial charge in [-0.3, -0.25) is 4.57 Å². The summed E-state index contributed by atoms with van der Waals surface area (Å²) in [6.07, 6.45) is 0. The molecule has 0 aliphatic heterocycles. The van der Waals surface area contributed by atoms with Gasteiger partial charge in [-0.1, -0.05) is 103 Å². The number of imidazole rings is 1. The van der Waals surface area contributed by atoms with Crippen molar-refractivity contribution >= 4 is 54.8 Å². The second-order valence-corrected chi connectivity index (χ2v) is 13.6. The summed E-state index contributed by atoms with van der Waals surface area (Å²) in [6, 6.07) is 66.6. The zero-order chi connectivity index (χ0) is 34.9. The van der Waals surface area contributed by atoms with Crippen LogP contribution < -0.4 is 0 Å². The summed E-state index contributed by atoms with van der Waals surface area (Å²) in [7, 11) is 0. The Balaban J connectivity index is 1.12. The smallest absolute Gasteiger partial charge is 0.145 e. The topological polar surface area (TPSA) is 35.9 Å². The summed E-state index contributed by atoms with van der Waals surface area (Å²) < 4.78 is 11.2. The van der Waals surface area contributed by atoms with Gasteiger partial charge in [0.05, 0.1) is 22.1 Å². The van der Waals surface area contributed by atoms with E-state index < -0.39 is 0 Å². The van der Waals surface area contributed by atoms with Crippen molar-refractivity contribution in [1.29, 1.82) is 0 Å². The number of hydrogen-bond donors (Lipinski definition) is 0. The van der Waals surface area contributed by atoms with Crippen molar-refractivity contribution in [2.75, 3.05) is 0 Å². The van der Waals surface area contributed by atoms with E-state index in [4.69, 9.17) is 9.40 Å². The van der Waals surface area contributed by atoms with Crippen molar-refractivity contribution in [3.05, 3.63) is 188 Å². The van der Waals surface area contributed by atoms with Gasteiger partial charge in [0, 0.05) is 44.5 Å². The Hall–Kier alpha value is -7.17. The van der Waals surface area contributed by atoms with Gasteiger partial charge in [0.2, 0.25) is 0 Å². The molecule has 248 valence electrons. The molecule has 0 fully saturated rings. The van der Waals surface area contributed by atoms with Crippen LogP contribution in [0.3, 0.4) is 0 Å². The van der Waals surface area contributed by atoms with Crippen LogP contribution in [0.4, 0.5) is 0 Å². The molecule has 4 heteroatoms. The van der Waals surface area contributed by atoms with Crippen LogP contribution in [0.2, 0.25) is 0 Å². The maximum absolute atomic E-state index is 6.57. The molecule has 0 spiro atoms. The van der Waals surface area contributed by atoms with Gasteiger partial charge >= 0.3 is 0 Å². The van der Waals surface area contributed by atoms with E-state index in [1.807, 2.05) is 12.1 Å². The first-order chi connectivity index (χ1) is 26.3. The molecule has 8 aromatic carbocycles. The Kier molecular flexibility index (Phi) is 6.52. The lowest BCUT2D eigenvalue weighted by Crippen LogP contribution is -1.98. The molecule has 0 atom stereocenters. The highest BCUT2D eigenvalue weighted by Crippen LogP contribution is 2.41. The molecule has 0 aliphatic rings. The Morgan fingerprint density at radius 1 is 0.340 bits per heavy atom. The maximum atomic E-state index is 6.57. The van der Waals surface area contributed by atoms with Gasteiger partial charge < -0.3 is 8.98 Å². The predicted molar refractivity (Wildman–Crippen MR) is 219 cm³/mol. The van der Waals surface area contributed by atoms with Gasteiger partial charge in [-0.2, -0.15) is 0 Å². The van der Waals surface area contributed by atoms with Gasteiger partial charge in [0.25, 0.3) is 0 Å². The van der Waals surface area contributed by atoms with Crippen LogP contribution in [0.25, 0.3) is 99.8 Å².